The van der Waals surface area contributed by atoms with Crippen LogP contribution in [0, 0.1) is 5.82 Å². The first kappa shape index (κ1) is 14.8. The average molecular weight is 290 g/mol. The van der Waals surface area contributed by atoms with Crippen molar-refractivity contribution in [2.45, 2.75) is 31.6 Å². The molecule has 2 N–H and O–H groups in total. The normalized spacial score (nSPS) is 19.1. The van der Waals surface area contributed by atoms with Gasteiger partial charge in [-0.05, 0) is 37.1 Å². The van der Waals surface area contributed by atoms with Crippen molar-refractivity contribution < 1.29 is 22.4 Å². The fraction of sp³-hybridized carbons (Fsp3) is 0.462. The summed E-state index contributed by atoms with van der Waals surface area (Å²) < 4.78 is 50.7. The molecule has 1 aliphatic rings. The third-order valence-electron chi connectivity index (χ3n) is 3.18. The predicted octanol–water partition coefficient (Wildman–Crippen LogP) is 2.21. The van der Waals surface area contributed by atoms with E-state index in [0.29, 0.717) is 6.42 Å². The summed E-state index contributed by atoms with van der Waals surface area (Å²) in [6.07, 6.45) is -3.13. The Bertz CT molecular complexity index is 496. The van der Waals surface area contributed by atoms with Crippen LogP contribution in [0.5, 0.6) is 0 Å². The molecule has 3 nitrogen and oxygen atoms in total. The van der Waals surface area contributed by atoms with E-state index in [1.54, 1.807) is 0 Å². The van der Waals surface area contributed by atoms with Crippen LogP contribution in [-0.4, -0.2) is 18.5 Å². The number of benzene rings is 1. The van der Waals surface area contributed by atoms with Gasteiger partial charge in [0, 0.05) is 6.54 Å². The lowest BCUT2D eigenvalue weighted by Gasteiger charge is -2.13. The van der Waals surface area contributed by atoms with Crippen LogP contribution in [-0.2, 0) is 17.5 Å². The molecule has 1 aromatic carbocycles. The lowest BCUT2D eigenvalue weighted by atomic mass is 10.1. The highest BCUT2D eigenvalue weighted by Gasteiger charge is 2.34. The zero-order valence-electron chi connectivity index (χ0n) is 10.6. The number of alkyl halides is 3. The number of hydrogen-bond donors (Lipinski definition) is 2. The molecule has 7 heteroatoms. The van der Waals surface area contributed by atoms with Crippen LogP contribution < -0.4 is 10.6 Å². The van der Waals surface area contributed by atoms with E-state index in [0.717, 1.165) is 25.1 Å². The van der Waals surface area contributed by atoms with Gasteiger partial charge in [0.15, 0.2) is 0 Å². The van der Waals surface area contributed by atoms with E-state index in [-0.39, 0.29) is 24.1 Å². The number of nitrogens with one attached hydrogen (secondary N) is 2. The van der Waals surface area contributed by atoms with Gasteiger partial charge in [0.1, 0.15) is 5.82 Å². The van der Waals surface area contributed by atoms with Crippen LogP contribution >= 0.6 is 0 Å². The van der Waals surface area contributed by atoms with Crippen LogP contribution in [0.25, 0.3) is 0 Å². The summed E-state index contributed by atoms with van der Waals surface area (Å²) >= 11 is 0. The van der Waals surface area contributed by atoms with E-state index in [4.69, 9.17) is 0 Å². The molecule has 1 fully saturated rings. The minimum absolute atomic E-state index is 0.0552. The number of amides is 1. The highest BCUT2D eigenvalue weighted by molar-refractivity contribution is 5.81. The molecule has 20 heavy (non-hydrogen) atoms. The summed E-state index contributed by atoms with van der Waals surface area (Å²) in [7, 11) is 0. The fourth-order valence-corrected chi connectivity index (χ4v) is 2.12. The van der Waals surface area contributed by atoms with E-state index < -0.39 is 17.6 Å². The molecule has 1 atom stereocenters. The number of hydrogen-bond acceptors (Lipinski definition) is 2. The zero-order valence-corrected chi connectivity index (χ0v) is 10.6. The number of carbonyl (C=O) groups is 1. The molecule has 1 saturated heterocycles. The second-order valence-corrected chi connectivity index (χ2v) is 4.68. The fourth-order valence-electron chi connectivity index (χ4n) is 2.12. The van der Waals surface area contributed by atoms with Crippen molar-refractivity contribution in [3.8, 4) is 0 Å². The van der Waals surface area contributed by atoms with Gasteiger partial charge < -0.3 is 10.6 Å². The van der Waals surface area contributed by atoms with Crippen molar-refractivity contribution in [3.05, 3.63) is 35.1 Å². The first-order valence-electron chi connectivity index (χ1n) is 6.24. The minimum Gasteiger partial charge on any atom is -0.351 e. The Balaban J connectivity index is 2.01. The summed E-state index contributed by atoms with van der Waals surface area (Å²) in [4.78, 5) is 11.7. The maximum atomic E-state index is 13.1. The second kappa shape index (κ2) is 5.78. The van der Waals surface area contributed by atoms with Gasteiger partial charge in [-0.2, -0.15) is 13.2 Å². The van der Waals surface area contributed by atoms with Gasteiger partial charge in [0.2, 0.25) is 5.91 Å². The first-order chi connectivity index (χ1) is 9.38. The van der Waals surface area contributed by atoms with Crippen LogP contribution in [0.15, 0.2) is 18.2 Å². The maximum absolute atomic E-state index is 13.1. The number of halogens is 4. The topological polar surface area (TPSA) is 41.1 Å². The van der Waals surface area contributed by atoms with Crippen molar-refractivity contribution >= 4 is 5.91 Å². The Morgan fingerprint density at radius 3 is 2.75 bits per heavy atom. The Hall–Kier alpha value is -1.63. The van der Waals surface area contributed by atoms with E-state index in [9.17, 15) is 22.4 Å². The van der Waals surface area contributed by atoms with Gasteiger partial charge in [-0.3, -0.25) is 4.79 Å². The van der Waals surface area contributed by atoms with Crippen molar-refractivity contribution in [2.75, 3.05) is 6.54 Å². The monoisotopic (exact) mass is 290 g/mol. The van der Waals surface area contributed by atoms with E-state index >= 15 is 0 Å². The predicted molar refractivity (Wildman–Crippen MR) is 64.3 cm³/mol. The van der Waals surface area contributed by atoms with Gasteiger partial charge in [-0.25, -0.2) is 4.39 Å². The van der Waals surface area contributed by atoms with Gasteiger partial charge in [-0.15, -0.1) is 0 Å². The molecule has 2 rings (SSSR count). The molecule has 0 aromatic heterocycles. The van der Waals surface area contributed by atoms with Crippen LogP contribution in [0.2, 0.25) is 0 Å². The first-order valence-corrected chi connectivity index (χ1v) is 6.24. The molecule has 0 spiro atoms. The van der Waals surface area contributed by atoms with Crippen molar-refractivity contribution in [1.82, 2.24) is 10.6 Å². The Morgan fingerprint density at radius 2 is 2.15 bits per heavy atom. The maximum Gasteiger partial charge on any atom is 0.419 e. The van der Waals surface area contributed by atoms with E-state index in [1.165, 1.54) is 6.07 Å². The quantitative estimate of drug-likeness (QED) is 0.838. The molecule has 0 saturated carbocycles. The van der Waals surface area contributed by atoms with Gasteiger partial charge in [-0.1, -0.05) is 6.07 Å². The van der Waals surface area contributed by atoms with Crippen molar-refractivity contribution in [1.29, 1.82) is 0 Å². The number of carbonyl (C=O) groups excluding carboxylic acids is 1. The van der Waals surface area contributed by atoms with E-state index in [1.807, 2.05) is 0 Å². The van der Waals surface area contributed by atoms with Gasteiger partial charge in [0.05, 0.1) is 11.6 Å². The van der Waals surface area contributed by atoms with Gasteiger partial charge >= 0.3 is 6.18 Å². The summed E-state index contributed by atoms with van der Waals surface area (Å²) in [6.45, 7) is 0.702. The Kier molecular flexibility index (Phi) is 4.27. The Labute approximate surface area is 113 Å². The van der Waals surface area contributed by atoms with Gasteiger partial charge in [0.25, 0.3) is 0 Å². The largest absolute Gasteiger partial charge is 0.419 e. The van der Waals surface area contributed by atoms with E-state index in [2.05, 4.69) is 10.6 Å². The minimum atomic E-state index is -4.74. The second-order valence-electron chi connectivity index (χ2n) is 4.68. The Morgan fingerprint density at radius 1 is 1.40 bits per heavy atom. The molecule has 0 radical (unpaired) electrons. The molecule has 0 bridgehead atoms. The summed E-state index contributed by atoms with van der Waals surface area (Å²) in [6, 6.07) is 2.42. The van der Waals surface area contributed by atoms with Crippen LogP contribution in [0.1, 0.15) is 24.0 Å². The standard InChI is InChI=1S/C13H14F4N2O/c14-10-4-3-8(6-9(10)13(15,16)17)7-19-12(20)11-2-1-5-18-11/h3-4,6,11,18H,1-2,5,7H2,(H,19,20)/t11-/m0/s1. The summed E-state index contributed by atoms with van der Waals surface area (Å²) in [5.41, 5.74) is -1.10. The molecule has 0 unspecified atom stereocenters. The van der Waals surface area contributed by atoms with Crippen LogP contribution in [0.3, 0.4) is 0 Å². The SMILES string of the molecule is O=C(NCc1ccc(F)c(C(F)(F)F)c1)[C@@H]1CCCN1. The highest BCUT2D eigenvalue weighted by Crippen LogP contribution is 2.31. The summed E-state index contributed by atoms with van der Waals surface area (Å²) in [5, 5.41) is 5.53. The molecule has 1 aromatic rings. The zero-order chi connectivity index (χ0) is 14.8. The highest BCUT2D eigenvalue weighted by atomic mass is 19.4. The molecule has 110 valence electrons. The molecular weight excluding hydrogens is 276 g/mol. The van der Waals surface area contributed by atoms with Crippen LogP contribution in [0.4, 0.5) is 17.6 Å². The third-order valence-corrected chi connectivity index (χ3v) is 3.18. The molecule has 1 aliphatic heterocycles. The molecule has 1 heterocycles. The molecule has 0 aliphatic carbocycles. The lowest BCUT2D eigenvalue weighted by Crippen LogP contribution is -2.40. The molecular formula is C13H14F4N2O. The third kappa shape index (κ3) is 3.47. The molecule has 1 amide bonds. The van der Waals surface area contributed by atoms with Crippen molar-refractivity contribution in [2.24, 2.45) is 0 Å². The van der Waals surface area contributed by atoms with Crippen molar-refractivity contribution in [3.63, 3.8) is 0 Å². The summed E-state index contributed by atoms with van der Waals surface area (Å²) in [5.74, 6) is -1.56. The smallest absolute Gasteiger partial charge is 0.351 e. The lowest BCUT2D eigenvalue weighted by molar-refractivity contribution is -0.140. The number of rotatable bonds is 3. The average Bonchev–Trinajstić information content (AvgIpc) is 2.90.